The molecule has 1 aliphatic heterocycles. The number of guanidine groups is 1. The first-order valence-corrected chi connectivity index (χ1v) is 11.3. The van der Waals surface area contributed by atoms with Gasteiger partial charge in [-0.05, 0) is 31.9 Å². The van der Waals surface area contributed by atoms with Gasteiger partial charge in [-0.3, -0.25) is 4.99 Å². The van der Waals surface area contributed by atoms with Gasteiger partial charge in [0.2, 0.25) is 10.0 Å². The van der Waals surface area contributed by atoms with E-state index < -0.39 is 10.0 Å². The third-order valence-electron chi connectivity index (χ3n) is 4.44. The fraction of sp³-hybridized carbons (Fsp3) is 0.632. The van der Waals surface area contributed by atoms with Crippen LogP contribution in [0.2, 0.25) is 0 Å². The maximum absolute atomic E-state index is 11.8. The Morgan fingerprint density at radius 1 is 1.28 bits per heavy atom. The molecule has 1 aromatic rings. The number of benzene rings is 1. The molecule has 1 heterocycles. The highest BCUT2D eigenvalue weighted by Gasteiger charge is 2.27. The summed E-state index contributed by atoms with van der Waals surface area (Å²) in [6, 6.07) is 6.08. The van der Waals surface area contributed by atoms with Gasteiger partial charge in [0.25, 0.3) is 0 Å². The van der Waals surface area contributed by atoms with Crippen LogP contribution in [-0.4, -0.2) is 70.9 Å². The summed E-state index contributed by atoms with van der Waals surface area (Å²) >= 11 is 0. The smallest absolute Gasteiger partial charge is 0.214 e. The number of sulfonamides is 1. The first kappa shape index (κ1) is 25.9. The van der Waals surface area contributed by atoms with Crippen molar-refractivity contribution in [1.29, 1.82) is 0 Å². The monoisotopic (exact) mass is 540 g/mol. The molecule has 0 bridgehead atoms. The van der Waals surface area contributed by atoms with Crippen LogP contribution in [0, 0.1) is 6.92 Å². The summed E-state index contributed by atoms with van der Waals surface area (Å²) in [4.78, 5) is 4.20. The van der Waals surface area contributed by atoms with E-state index in [0.29, 0.717) is 58.4 Å². The molecular formula is C19H33IN4O4S. The number of aliphatic imine (C=N–C) groups is 1. The molecule has 166 valence electrons. The topological polar surface area (TPSA) is 92.3 Å². The lowest BCUT2D eigenvalue weighted by atomic mass is 10.1. The van der Waals surface area contributed by atoms with E-state index in [1.165, 1.54) is 4.31 Å². The molecule has 0 saturated carbocycles. The third kappa shape index (κ3) is 8.65. The van der Waals surface area contributed by atoms with Crippen molar-refractivity contribution < 1.29 is 17.9 Å². The third-order valence-corrected chi connectivity index (χ3v) is 6.40. The molecule has 0 spiro atoms. The molecule has 0 radical (unpaired) electrons. The second-order valence-corrected chi connectivity index (χ2v) is 8.67. The lowest BCUT2D eigenvalue weighted by molar-refractivity contribution is 0.110. The van der Waals surface area contributed by atoms with Crippen LogP contribution in [0.3, 0.4) is 0 Å². The van der Waals surface area contributed by atoms with Crippen LogP contribution >= 0.6 is 24.0 Å². The van der Waals surface area contributed by atoms with Crippen LogP contribution in [0.1, 0.15) is 24.5 Å². The minimum Gasteiger partial charge on any atom is -0.491 e. The molecular weight excluding hydrogens is 507 g/mol. The van der Waals surface area contributed by atoms with Crippen LogP contribution in [0.5, 0.6) is 5.75 Å². The van der Waals surface area contributed by atoms with Crippen molar-refractivity contribution in [3.05, 3.63) is 29.3 Å². The van der Waals surface area contributed by atoms with Gasteiger partial charge in [0, 0.05) is 45.4 Å². The predicted molar refractivity (Wildman–Crippen MR) is 127 cm³/mol. The van der Waals surface area contributed by atoms with Crippen LogP contribution < -0.4 is 15.4 Å². The van der Waals surface area contributed by atoms with E-state index >= 15 is 0 Å². The minimum atomic E-state index is -3.06. The van der Waals surface area contributed by atoms with E-state index in [1.54, 1.807) is 7.05 Å². The number of hydrogen-bond acceptors (Lipinski definition) is 5. The number of nitrogens with zero attached hydrogens (tertiary/aromatic N) is 2. The van der Waals surface area contributed by atoms with E-state index in [2.05, 4.69) is 15.6 Å². The van der Waals surface area contributed by atoms with Crippen LogP contribution in [-0.2, 0) is 21.3 Å². The number of aryl methyl sites for hydroxylation is 1. The maximum atomic E-state index is 11.8. The fourth-order valence-electron chi connectivity index (χ4n) is 2.94. The van der Waals surface area contributed by atoms with Gasteiger partial charge in [0.05, 0.1) is 12.4 Å². The largest absolute Gasteiger partial charge is 0.491 e. The quantitative estimate of drug-likeness (QED) is 0.203. The van der Waals surface area contributed by atoms with Crippen LogP contribution in [0.25, 0.3) is 0 Å². The fourth-order valence-corrected chi connectivity index (χ4v) is 4.47. The minimum absolute atomic E-state index is 0. The lowest BCUT2D eigenvalue weighted by Gasteiger charge is -2.17. The van der Waals surface area contributed by atoms with Gasteiger partial charge in [-0.2, -0.15) is 0 Å². The molecule has 1 aromatic carbocycles. The molecule has 0 unspecified atom stereocenters. The summed E-state index contributed by atoms with van der Waals surface area (Å²) in [5.74, 6) is 1.70. The Labute approximate surface area is 191 Å². The molecule has 1 aliphatic rings. The summed E-state index contributed by atoms with van der Waals surface area (Å²) in [7, 11) is -1.37. The van der Waals surface area contributed by atoms with Gasteiger partial charge in [-0.25, -0.2) is 12.7 Å². The molecule has 0 amide bonds. The summed E-state index contributed by atoms with van der Waals surface area (Å²) in [6.07, 6.45) is 0.703. The van der Waals surface area contributed by atoms with Crippen molar-refractivity contribution in [3.8, 4) is 5.75 Å². The van der Waals surface area contributed by atoms with Crippen molar-refractivity contribution in [2.75, 3.05) is 52.3 Å². The van der Waals surface area contributed by atoms with Gasteiger partial charge in [0.1, 0.15) is 12.4 Å². The SMILES string of the molecule is CCOCCOc1cc(C)ccc1CNC(=NC)NCCN1CCCS1(=O)=O.I. The number of hydrogen-bond donors (Lipinski definition) is 2. The Hall–Kier alpha value is -1.11. The molecule has 2 N–H and O–H groups in total. The first-order chi connectivity index (χ1) is 13.5. The van der Waals surface area contributed by atoms with E-state index in [-0.39, 0.29) is 29.7 Å². The average molecular weight is 540 g/mol. The van der Waals surface area contributed by atoms with Crippen molar-refractivity contribution in [1.82, 2.24) is 14.9 Å². The van der Waals surface area contributed by atoms with Crippen LogP contribution in [0.4, 0.5) is 0 Å². The summed E-state index contributed by atoms with van der Waals surface area (Å²) in [5, 5.41) is 6.42. The molecule has 0 atom stereocenters. The first-order valence-electron chi connectivity index (χ1n) is 9.68. The Morgan fingerprint density at radius 2 is 2.07 bits per heavy atom. The van der Waals surface area contributed by atoms with Crippen molar-refractivity contribution in [2.45, 2.75) is 26.8 Å². The summed E-state index contributed by atoms with van der Waals surface area (Å²) < 4.78 is 36.4. The average Bonchev–Trinajstić information content (AvgIpc) is 3.01. The predicted octanol–water partition coefficient (Wildman–Crippen LogP) is 1.73. The molecule has 1 fully saturated rings. The summed E-state index contributed by atoms with van der Waals surface area (Å²) in [5.41, 5.74) is 2.15. The standard InChI is InChI=1S/C19H32N4O4S.HI/c1-4-26-11-12-27-18-14-16(2)6-7-17(18)15-22-19(20-3)21-8-10-23-9-5-13-28(23,24)25;/h6-7,14H,4-5,8-13,15H2,1-3H3,(H2,20,21,22);1H. The van der Waals surface area contributed by atoms with Gasteiger partial charge in [-0.1, -0.05) is 12.1 Å². The molecule has 29 heavy (non-hydrogen) atoms. The Bertz CT molecular complexity index is 759. The highest BCUT2D eigenvalue weighted by atomic mass is 127. The number of ether oxygens (including phenoxy) is 2. The molecule has 0 aromatic heterocycles. The van der Waals surface area contributed by atoms with Crippen molar-refractivity contribution >= 4 is 40.0 Å². The van der Waals surface area contributed by atoms with E-state index in [4.69, 9.17) is 9.47 Å². The lowest BCUT2D eigenvalue weighted by Crippen LogP contribution is -2.41. The number of rotatable bonds is 10. The van der Waals surface area contributed by atoms with Crippen molar-refractivity contribution in [2.24, 2.45) is 4.99 Å². The van der Waals surface area contributed by atoms with E-state index in [0.717, 1.165) is 16.9 Å². The Kier molecular flexibility index (Phi) is 11.8. The van der Waals surface area contributed by atoms with Gasteiger partial charge in [0.15, 0.2) is 5.96 Å². The normalized spacial score (nSPS) is 16.3. The zero-order valence-corrected chi connectivity index (χ0v) is 20.6. The Morgan fingerprint density at radius 3 is 2.72 bits per heavy atom. The van der Waals surface area contributed by atoms with Gasteiger partial charge in [-0.15, -0.1) is 24.0 Å². The van der Waals surface area contributed by atoms with Gasteiger partial charge < -0.3 is 20.1 Å². The zero-order valence-electron chi connectivity index (χ0n) is 17.4. The Balaban J connectivity index is 0.00000420. The second kappa shape index (κ2) is 13.2. The van der Waals surface area contributed by atoms with Gasteiger partial charge >= 0.3 is 0 Å². The van der Waals surface area contributed by atoms with E-state index in [9.17, 15) is 8.42 Å². The number of halogens is 1. The second-order valence-electron chi connectivity index (χ2n) is 6.58. The molecule has 0 aliphatic carbocycles. The van der Waals surface area contributed by atoms with E-state index in [1.807, 2.05) is 32.0 Å². The zero-order chi connectivity index (χ0) is 20.4. The number of nitrogens with one attached hydrogen (secondary N) is 2. The maximum Gasteiger partial charge on any atom is 0.214 e. The molecule has 10 heteroatoms. The summed E-state index contributed by atoms with van der Waals surface area (Å²) in [6.45, 7) is 7.81. The highest BCUT2D eigenvalue weighted by molar-refractivity contribution is 14.0. The van der Waals surface area contributed by atoms with Crippen molar-refractivity contribution in [3.63, 3.8) is 0 Å². The van der Waals surface area contributed by atoms with Crippen LogP contribution in [0.15, 0.2) is 23.2 Å². The highest BCUT2D eigenvalue weighted by Crippen LogP contribution is 2.20. The molecule has 1 saturated heterocycles. The molecule has 2 rings (SSSR count). The molecule has 8 nitrogen and oxygen atoms in total.